The van der Waals surface area contributed by atoms with Crippen molar-refractivity contribution in [3.8, 4) is 0 Å². The van der Waals surface area contributed by atoms with Crippen LogP contribution in [0.4, 0.5) is 0 Å². The Morgan fingerprint density at radius 2 is 1.80 bits per heavy atom. The van der Waals surface area contributed by atoms with Gasteiger partial charge in [0, 0.05) is 44.8 Å². The maximum atomic E-state index is 13.3. The number of hydrogen-bond donors (Lipinski definition) is 5. The van der Waals surface area contributed by atoms with Crippen molar-refractivity contribution in [2.45, 2.75) is 137 Å². The van der Waals surface area contributed by atoms with E-state index in [-0.39, 0.29) is 30.8 Å². The second-order valence-electron chi connectivity index (χ2n) is 17.0. The van der Waals surface area contributed by atoms with Gasteiger partial charge in [0.25, 0.3) is 0 Å². The number of aromatic nitrogens is 1. The Labute approximate surface area is 263 Å². The number of rotatable bonds is 1. The van der Waals surface area contributed by atoms with Crippen LogP contribution in [0.15, 0.2) is 36.4 Å². The zero-order valence-electron chi connectivity index (χ0n) is 26.9. The van der Waals surface area contributed by atoms with Gasteiger partial charge in [-0.2, -0.15) is 0 Å². The molecular weight excluding hydrogens is 570 g/mol. The third kappa shape index (κ3) is 2.49. The smallest absolute Gasteiger partial charge is 0.153 e. The quantitative estimate of drug-likeness (QED) is 0.241. The predicted molar refractivity (Wildman–Crippen MR) is 165 cm³/mol. The maximum absolute atomic E-state index is 13.3. The van der Waals surface area contributed by atoms with Crippen LogP contribution in [0, 0.1) is 17.3 Å². The molecule has 5 fully saturated rings. The minimum atomic E-state index is -1.39. The molecule has 2 saturated heterocycles. The van der Waals surface area contributed by atoms with Gasteiger partial charge in [0.2, 0.25) is 0 Å². The molecule has 45 heavy (non-hydrogen) atoms. The molecular formula is C37H45NO7. The van der Waals surface area contributed by atoms with Crippen molar-refractivity contribution in [2.75, 3.05) is 0 Å². The van der Waals surface area contributed by atoms with Crippen LogP contribution < -0.4 is 0 Å². The van der Waals surface area contributed by atoms with Crippen molar-refractivity contribution in [3.05, 3.63) is 58.8 Å². The van der Waals surface area contributed by atoms with Crippen molar-refractivity contribution < 1.29 is 34.6 Å². The van der Waals surface area contributed by atoms with Crippen LogP contribution in [-0.2, 0) is 31.6 Å². The summed E-state index contributed by atoms with van der Waals surface area (Å²) < 4.78 is 20.1. The van der Waals surface area contributed by atoms with Crippen LogP contribution >= 0.6 is 0 Å². The Morgan fingerprint density at radius 3 is 2.53 bits per heavy atom. The van der Waals surface area contributed by atoms with Gasteiger partial charge >= 0.3 is 0 Å². The lowest BCUT2D eigenvalue weighted by Gasteiger charge is -2.68. The first kappa shape index (κ1) is 28.0. The van der Waals surface area contributed by atoms with Gasteiger partial charge in [0.05, 0.1) is 11.7 Å². The molecule has 8 heteroatoms. The van der Waals surface area contributed by atoms with Gasteiger partial charge < -0.3 is 39.6 Å². The number of aliphatic hydroxyl groups is 4. The summed E-state index contributed by atoms with van der Waals surface area (Å²) in [6.45, 7) is 18.6. The first-order valence-electron chi connectivity index (χ1n) is 16.9. The van der Waals surface area contributed by atoms with Gasteiger partial charge in [-0.15, -0.1) is 0 Å². The van der Waals surface area contributed by atoms with E-state index in [1.165, 1.54) is 0 Å². The largest absolute Gasteiger partial charge is 0.387 e. The van der Waals surface area contributed by atoms with Crippen LogP contribution in [0.3, 0.4) is 0 Å². The van der Waals surface area contributed by atoms with Gasteiger partial charge in [-0.3, -0.25) is 0 Å². The van der Waals surface area contributed by atoms with E-state index in [2.05, 4.69) is 58.0 Å². The van der Waals surface area contributed by atoms with Crippen molar-refractivity contribution in [3.63, 3.8) is 0 Å². The molecule has 8 nitrogen and oxygen atoms in total. The minimum absolute atomic E-state index is 0.0328. The van der Waals surface area contributed by atoms with Crippen LogP contribution in [0.2, 0.25) is 0 Å². The number of epoxide rings is 1. The maximum Gasteiger partial charge on any atom is 0.153 e. The van der Waals surface area contributed by atoms with E-state index in [0.717, 1.165) is 57.3 Å². The molecule has 1 aromatic heterocycles. The number of H-pyrrole nitrogens is 1. The van der Waals surface area contributed by atoms with Gasteiger partial charge in [-0.1, -0.05) is 38.6 Å². The predicted octanol–water partition coefficient (Wildman–Crippen LogP) is 4.12. The molecule has 8 aliphatic rings. The van der Waals surface area contributed by atoms with Gasteiger partial charge in [0.15, 0.2) is 5.60 Å². The third-order valence-electron chi connectivity index (χ3n) is 15.3. The van der Waals surface area contributed by atoms with Gasteiger partial charge in [0.1, 0.15) is 41.2 Å². The molecule has 13 unspecified atom stereocenters. The Morgan fingerprint density at radius 1 is 1.04 bits per heavy atom. The minimum Gasteiger partial charge on any atom is -0.387 e. The summed E-state index contributed by atoms with van der Waals surface area (Å²) in [6.07, 6.45) is 0.201. The number of fused-ring (bicyclic) bond motifs is 5. The standard InChI is InChI=1S/C37H45NO7/c1-16(2)27-26(39)30-37(45-30)22(43-27)10-11-32(6)33(7)28-24-23-20(38-28)9-8-18-14-17(3)19-15-21(36(19,42)25(18)23)31(4,5)44-29(24)34(33,40)12-13-35(32,37)41/h8-9,19,21-22,26-27,29-30,38-42H,1,3,10-15H2,2,4-7H3. The molecule has 13 atom stereocenters. The van der Waals surface area contributed by atoms with Crippen molar-refractivity contribution in [1.82, 2.24) is 4.98 Å². The highest BCUT2D eigenvalue weighted by atomic mass is 16.7. The van der Waals surface area contributed by atoms with E-state index in [9.17, 15) is 20.4 Å². The van der Waals surface area contributed by atoms with Gasteiger partial charge in [-0.05, 0) is 82.1 Å². The van der Waals surface area contributed by atoms with E-state index >= 15 is 0 Å². The molecule has 0 amide bonds. The number of aromatic amines is 1. The Balaban J connectivity index is 1.22. The third-order valence-corrected chi connectivity index (χ3v) is 15.3. The first-order valence-corrected chi connectivity index (χ1v) is 16.9. The Bertz CT molecular complexity index is 1800. The highest BCUT2D eigenvalue weighted by molar-refractivity contribution is 5.93. The summed E-state index contributed by atoms with van der Waals surface area (Å²) in [4.78, 5) is 3.78. The van der Waals surface area contributed by atoms with Crippen LogP contribution in [0.25, 0.3) is 10.9 Å². The number of ether oxygens (including phenoxy) is 3. The molecule has 240 valence electrons. The molecule has 1 spiro atoms. The number of nitrogens with one attached hydrogen (secondary N) is 1. The van der Waals surface area contributed by atoms with E-state index < -0.39 is 63.3 Å². The lowest BCUT2D eigenvalue weighted by molar-refractivity contribution is -0.317. The first-order chi connectivity index (χ1) is 21.0. The highest BCUT2D eigenvalue weighted by Gasteiger charge is 2.89. The molecule has 3 aliphatic heterocycles. The summed E-state index contributed by atoms with van der Waals surface area (Å²) in [6, 6.07) is 4.22. The van der Waals surface area contributed by atoms with Crippen LogP contribution in [0.1, 0.15) is 95.2 Å². The Hall–Kier alpha value is -2.04. The van der Waals surface area contributed by atoms with Crippen molar-refractivity contribution >= 4 is 10.9 Å². The molecule has 0 radical (unpaired) electrons. The molecule has 10 rings (SSSR count). The van der Waals surface area contributed by atoms with Crippen LogP contribution in [0.5, 0.6) is 0 Å². The fraction of sp³-hybridized carbons (Fsp3) is 0.676. The number of aliphatic hydroxyl groups excluding tert-OH is 1. The summed E-state index contributed by atoms with van der Waals surface area (Å²) in [7, 11) is 0. The summed E-state index contributed by atoms with van der Waals surface area (Å²) in [5.41, 5.74) is -0.913. The van der Waals surface area contributed by atoms with Gasteiger partial charge in [-0.25, -0.2) is 0 Å². The number of benzene rings is 1. The van der Waals surface area contributed by atoms with Crippen LogP contribution in [-0.4, -0.2) is 72.2 Å². The summed E-state index contributed by atoms with van der Waals surface area (Å²) >= 11 is 0. The topological polar surface area (TPSA) is 128 Å². The van der Waals surface area contributed by atoms with E-state index in [1.54, 1.807) is 0 Å². The molecule has 0 bridgehead atoms. The molecule has 3 saturated carbocycles. The molecule has 5 N–H and O–H groups in total. The van der Waals surface area contributed by atoms with Crippen molar-refractivity contribution in [1.29, 1.82) is 0 Å². The lowest BCUT2D eigenvalue weighted by Crippen LogP contribution is -2.79. The fourth-order valence-corrected chi connectivity index (χ4v) is 12.8. The Kier molecular flexibility index (Phi) is 4.66. The summed E-state index contributed by atoms with van der Waals surface area (Å²) in [5, 5.41) is 51.6. The van der Waals surface area contributed by atoms with Crippen molar-refractivity contribution in [2.24, 2.45) is 17.3 Å². The fourth-order valence-electron chi connectivity index (χ4n) is 12.8. The van der Waals surface area contributed by atoms with E-state index in [1.807, 2.05) is 6.92 Å². The highest BCUT2D eigenvalue weighted by Crippen LogP contribution is 2.79. The number of hydrogen-bond acceptors (Lipinski definition) is 7. The SMILES string of the molecule is C=C(C)C1OC2CCC3(C)C(O)(CCC4(O)C5OC(C)(C)C6CC7C(=C)Cc8ccc9[nH]c(c5c9c8C76O)C43C)C23OC3C1O. The normalized spacial score (nSPS) is 54.2. The zero-order valence-corrected chi connectivity index (χ0v) is 26.9. The second-order valence-corrected chi connectivity index (χ2v) is 17.0. The van der Waals surface area contributed by atoms with E-state index in [4.69, 9.17) is 14.2 Å². The molecule has 1 aromatic carbocycles. The monoisotopic (exact) mass is 615 g/mol. The molecule has 4 heterocycles. The average Bonchev–Trinajstić information content (AvgIpc) is 3.58. The second kappa shape index (κ2) is 7.49. The molecule has 5 aliphatic carbocycles. The van der Waals surface area contributed by atoms with E-state index in [0.29, 0.717) is 12.8 Å². The average molecular weight is 616 g/mol. The lowest BCUT2D eigenvalue weighted by atomic mass is 9.39. The molecule has 2 aromatic rings. The summed E-state index contributed by atoms with van der Waals surface area (Å²) in [5.74, 6) is -0.193. The zero-order chi connectivity index (χ0) is 31.6.